The van der Waals surface area contributed by atoms with E-state index in [1.54, 1.807) is 11.3 Å². The number of Topliss-reactive ketones (excluding diaryl/α,β-unsaturated/α-hetero) is 1. The Morgan fingerprint density at radius 3 is 2.22 bits per heavy atom. The Morgan fingerprint density at radius 2 is 1.78 bits per heavy atom. The molecule has 1 saturated heterocycles. The van der Waals surface area contributed by atoms with Crippen LogP contribution < -0.4 is 0 Å². The van der Waals surface area contributed by atoms with E-state index in [9.17, 15) is 4.79 Å². The fourth-order valence-electron chi connectivity index (χ4n) is 4.26. The smallest absolute Gasteiger partial charge is 0.403 e. The van der Waals surface area contributed by atoms with E-state index in [0.29, 0.717) is 24.5 Å². The van der Waals surface area contributed by atoms with Crippen LogP contribution in [0.1, 0.15) is 58.9 Å². The van der Waals surface area contributed by atoms with Crippen LogP contribution in [0.25, 0.3) is 0 Å². The van der Waals surface area contributed by atoms with E-state index in [4.69, 9.17) is 9.31 Å². The summed E-state index contributed by atoms with van der Waals surface area (Å²) in [6.45, 7) is 8.45. The van der Waals surface area contributed by atoms with Gasteiger partial charge < -0.3 is 9.31 Å². The van der Waals surface area contributed by atoms with Crippen molar-refractivity contribution in [1.29, 1.82) is 0 Å². The van der Waals surface area contributed by atoms with Gasteiger partial charge in [0.2, 0.25) is 0 Å². The summed E-state index contributed by atoms with van der Waals surface area (Å²) in [6.07, 6.45) is 3.76. The molecule has 1 aromatic heterocycles. The molecule has 0 amide bonds. The summed E-state index contributed by atoms with van der Waals surface area (Å²) in [4.78, 5) is 11.9. The summed E-state index contributed by atoms with van der Waals surface area (Å²) in [5.74, 6) is 1.28. The lowest BCUT2D eigenvalue weighted by Crippen LogP contribution is -2.51. The molecular weight excluding hydrogens is 307 g/mol. The van der Waals surface area contributed by atoms with Gasteiger partial charge in [-0.25, -0.2) is 0 Å². The molecule has 3 nitrogen and oxygen atoms in total. The molecule has 3 aliphatic rings. The van der Waals surface area contributed by atoms with Gasteiger partial charge in [-0.15, -0.1) is 0 Å². The van der Waals surface area contributed by atoms with Crippen LogP contribution in [0.2, 0.25) is 5.82 Å². The minimum Gasteiger partial charge on any atom is -0.403 e. The third kappa shape index (κ3) is 2.35. The average Bonchev–Trinajstić information content (AvgIpc) is 3.02. The molecule has 0 radical (unpaired) electrons. The first kappa shape index (κ1) is 15.9. The largest absolute Gasteiger partial charge is 0.462 e. The van der Waals surface area contributed by atoms with Gasteiger partial charge in [-0.2, -0.15) is 11.3 Å². The topological polar surface area (TPSA) is 35.5 Å². The van der Waals surface area contributed by atoms with Gasteiger partial charge in [0, 0.05) is 24.1 Å². The SMILES string of the molecule is CC1(C)OB(C(C2CC2)C2(c3ccsc3)CC(=O)C2)OC1(C)C. The highest BCUT2D eigenvalue weighted by molar-refractivity contribution is 7.08. The van der Waals surface area contributed by atoms with Crippen LogP contribution >= 0.6 is 11.3 Å². The lowest BCUT2D eigenvalue weighted by molar-refractivity contribution is -0.129. The molecule has 0 aromatic carbocycles. The molecule has 2 heterocycles. The molecule has 2 aliphatic carbocycles. The summed E-state index contributed by atoms with van der Waals surface area (Å²) in [7, 11) is -0.208. The molecule has 1 unspecified atom stereocenters. The third-order valence-corrected chi connectivity index (χ3v) is 7.14. The summed E-state index contributed by atoms with van der Waals surface area (Å²) in [5, 5.41) is 4.33. The van der Waals surface area contributed by atoms with Crippen molar-refractivity contribution in [3.05, 3.63) is 22.4 Å². The standard InChI is InChI=1S/C18H25BO3S/c1-16(2)17(3,4)22-19(21-16)15(12-5-6-12)18(9-14(20)10-18)13-7-8-23-11-13/h7-8,11-12,15H,5-6,9-10H2,1-4H3. The van der Waals surface area contributed by atoms with Crippen LogP contribution in [0.5, 0.6) is 0 Å². The van der Waals surface area contributed by atoms with E-state index in [1.165, 1.54) is 18.4 Å². The van der Waals surface area contributed by atoms with Crippen molar-refractivity contribution < 1.29 is 14.1 Å². The van der Waals surface area contributed by atoms with Gasteiger partial charge in [0.1, 0.15) is 5.78 Å². The Bertz CT molecular complexity index is 594. The zero-order valence-corrected chi connectivity index (χ0v) is 15.2. The molecule has 3 fully saturated rings. The molecule has 124 valence electrons. The quantitative estimate of drug-likeness (QED) is 0.775. The highest BCUT2D eigenvalue weighted by Crippen LogP contribution is 2.62. The van der Waals surface area contributed by atoms with Crippen LogP contribution in [-0.4, -0.2) is 24.1 Å². The van der Waals surface area contributed by atoms with E-state index in [2.05, 4.69) is 44.5 Å². The van der Waals surface area contributed by atoms with Gasteiger partial charge >= 0.3 is 7.12 Å². The molecule has 23 heavy (non-hydrogen) atoms. The maximum absolute atomic E-state index is 11.9. The second-order valence-electron chi connectivity index (χ2n) is 8.55. The van der Waals surface area contributed by atoms with Crippen LogP contribution in [0.15, 0.2) is 16.8 Å². The summed E-state index contributed by atoms with van der Waals surface area (Å²) < 4.78 is 12.8. The van der Waals surface area contributed by atoms with Crippen molar-refractivity contribution in [3.8, 4) is 0 Å². The molecule has 1 aliphatic heterocycles. The van der Waals surface area contributed by atoms with Crippen molar-refractivity contribution in [3.63, 3.8) is 0 Å². The number of carbonyl (C=O) groups excluding carboxylic acids is 1. The fourth-order valence-corrected chi connectivity index (χ4v) is 5.02. The number of hydrogen-bond acceptors (Lipinski definition) is 4. The highest BCUT2D eigenvalue weighted by Gasteiger charge is 2.64. The number of rotatable bonds is 4. The first-order chi connectivity index (χ1) is 10.8. The maximum Gasteiger partial charge on any atom is 0.462 e. The van der Waals surface area contributed by atoms with E-state index in [-0.39, 0.29) is 29.6 Å². The summed E-state index contributed by atoms with van der Waals surface area (Å²) in [6, 6.07) is 2.19. The number of thiophene rings is 1. The zero-order chi connectivity index (χ0) is 16.5. The summed E-state index contributed by atoms with van der Waals surface area (Å²) >= 11 is 1.72. The Kier molecular flexibility index (Phi) is 3.40. The van der Waals surface area contributed by atoms with Gasteiger partial charge in [-0.05, 0) is 56.0 Å². The molecule has 0 bridgehead atoms. The molecule has 5 heteroatoms. The number of hydrogen-bond donors (Lipinski definition) is 0. The second kappa shape index (κ2) is 4.93. The first-order valence-corrected chi connectivity index (χ1v) is 9.59. The lowest BCUT2D eigenvalue weighted by atomic mass is 9.45. The van der Waals surface area contributed by atoms with E-state index >= 15 is 0 Å². The Balaban J connectivity index is 1.70. The third-order valence-electron chi connectivity index (χ3n) is 6.45. The minimum atomic E-state index is -0.311. The van der Waals surface area contributed by atoms with Gasteiger partial charge in [0.05, 0.1) is 11.2 Å². The van der Waals surface area contributed by atoms with Gasteiger partial charge in [-0.1, -0.05) is 12.8 Å². The molecule has 1 atom stereocenters. The highest BCUT2D eigenvalue weighted by atomic mass is 32.1. The van der Waals surface area contributed by atoms with Crippen molar-refractivity contribution in [2.45, 2.75) is 75.8 Å². The maximum atomic E-state index is 11.9. The van der Waals surface area contributed by atoms with Crippen molar-refractivity contribution in [1.82, 2.24) is 0 Å². The number of carbonyl (C=O) groups is 1. The lowest BCUT2D eigenvalue weighted by Gasteiger charge is -2.47. The van der Waals surface area contributed by atoms with Crippen LogP contribution in [-0.2, 0) is 19.5 Å². The molecule has 4 rings (SSSR count). The van der Waals surface area contributed by atoms with E-state index in [0.717, 1.165) is 0 Å². The van der Waals surface area contributed by atoms with Crippen LogP contribution in [0.4, 0.5) is 0 Å². The monoisotopic (exact) mass is 332 g/mol. The van der Waals surface area contributed by atoms with Crippen LogP contribution in [0.3, 0.4) is 0 Å². The second-order valence-corrected chi connectivity index (χ2v) is 9.33. The van der Waals surface area contributed by atoms with Crippen LogP contribution in [0, 0.1) is 5.92 Å². The fraction of sp³-hybridized carbons (Fsp3) is 0.722. The van der Waals surface area contributed by atoms with E-state index in [1.807, 2.05) is 0 Å². The Morgan fingerprint density at radius 1 is 1.17 bits per heavy atom. The van der Waals surface area contributed by atoms with Crippen molar-refractivity contribution in [2.75, 3.05) is 0 Å². The van der Waals surface area contributed by atoms with Gasteiger partial charge in [0.15, 0.2) is 0 Å². The predicted molar refractivity (Wildman–Crippen MR) is 92.8 cm³/mol. The molecule has 0 N–H and O–H groups in total. The minimum absolute atomic E-state index is 0.0700. The predicted octanol–water partition coefficient (Wildman–Crippen LogP) is 4.22. The molecular formula is C18H25BO3S. The average molecular weight is 332 g/mol. The molecule has 2 saturated carbocycles. The first-order valence-electron chi connectivity index (χ1n) is 8.65. The van der Waals surface area contributed by atoms with Crippen molar-refractivity contribution in [2.24, 2.45) is 5.92 Å². The van der Waals surface area contributed by atoms with E-state index < -0.39 is 0 Å². The van der Waals surface area contributed by atoms with Gasteiger partial charge in [-0.3, -0.25) is 4.79 Å². The van der Waals surface area contributed by atoms with Gasteiger partial charge in [0.25, 0.3) is 0 Å². The summed E-state index contributed by atoms with van der Waals surface area (Å²) in [5.41, 5.74) is 0.621. The normalized spacial score (nSPS) is 29.4. The molecule has 0 spiro atoms. The zero-order valence-electron chi connectivity index (χ0n) is 14.4. The Hall–Kier alpha value is -0.645. The number of ketones is 1. The Labute approximate surface area is 142 Å². The van der Waals surface area contributed by atoms with Crippen molar-refractivity contribution >= 4 is 24.2 Å². The molecule has 1 aromatic rings.